The summed E-state index contributed by atoms with van der Waals surface area (Å²) >= 11 is 0. The van der Waals surface area contributed by atoms with Crippen LogP contribution >= 0.6 is 0 Å². The van der Waals surface area contributed by atoms with Crippen molar-refractivity contribution in [3.05, 3.63) is 31.4 Å². The van der Waals surface area contributed by atoms with Crippen LogP contribution in [0.2, 0.25) is 0 Å². The van der Waals surface area contributed by atoms with Crippen molar-refractivity contribution in [1.29, 1.82) is 0 Å². The number of amides is 2. The Labute approximate surface area is 119 Å². The van der Waals surface area contributed by atoms with Crippen LogP contribution < -0.4 is 5.32 Å². The molecular formula is C14H22N4O2. The third kappa shape index (κ3) is 5.69. The van der Waals surface area contributed by atoms with Crippen molar-refractivity contribution in [3.8, 4) is 0 Å². The minimum absolute atomic E-state index is 0.122. The Kier molecular flexibility index (Phi) is 7.10. The topological polar surface area (TPSA) is 67.2 Å². The van der Waals surface area contributed by atoms with Gasteiger partial charge < -0.3 is 14.8 Å². The number of aryl methyl sites for hydroxylation is 1. The smallest absolute Gasteiger partial charge is 0.243 e. The number of carbonyl (C=O) groups excluding carboxylic acids is 2. The molecule has 0 bridgehead atoms. The first-order valence-electron chi connectivity index (χ1n) is 6.81. The fraction of sp³-hybridized carbons (Fsp3) is 0.500. The summed E-state index contributed by atoms with van der Waals surface area (Å²) in [6, 6.07) is 0. The van der Waals surface area contributed by atoms with Crippen molar-refractivity contribution in [2.45, 2.75) is 26.3 Å². The summed E-state index contributed by atoms with van der Waals surface area (Å²) in [6.07, 6.45) is 7.69. The van der Waals surface area contributed by atoms with Gasteiger partial charge in [0.15, 0.2) is 0 Å². The van der Waals surface area contributed by atoms with Gasteiger partial charge in [0.25, 0.3) is 0 Å². The van der Waals surface area contributed by atoms with Crippen molar-refractivity contribution < 1.29 is 9.59 Å². The lowest BCUT2D eigenvalue weighted by Crippen LogP contribution is -2.34. The quantitative estimate of drug-likeness (QED) is 0.537. The molecule has 1 rings (SSSR count). The van der Waals surface area contributed by atoms with Gasteiger partial charge in [-0.05, 0) is 19.4 Å². The molecule has 0 fully saturated rings. The summed E-state index contributed by atoms with van der Waals surface area (Å²) in [6.45, 7) is 7.86. The molecule has 0 atom stereocenters. The number of nitrogens with one attached hydrogen (secondary N) is 1. The minimum Gasteiger partial charge on any atom is -0.353 e. The second kappa shape index (κ2) is 8.90. The molecule has 0 spiro atoms. The number of imidazole rings is 1. The van der Waals surface area contributed by atoms with E-state index in [9.17, 15) is 9.59 Å². The Morgan fingerprint density at radius 1 is 1.50 bits per heavy atom. The van der Waals surface area contributed by atoms with E-state index in [0.29, 0.717) is 32.6 Å². The predicted octanol–water partition coefficient (Wildman–Crippen LogP) is 0.814. The summed E-state index contributed by atoms with van der Waals surface area (Å²) in [7, 11) is 0. The highest BCUT2D eigenvalue weighted by molar-refractivity contribution is 5.86. The lowest BCUT2D eigenvalue weighted by atomic mass is 10.3. The SMILES string of the molecule is C=CC(=O)NCCCN(CC)C(=O)CCn1ccnc1. The second-order valence-corrected chi connectivity index (χ2v) is 4.37. The summed E-state index contributed by atoms with van der Waals surface area (Å²) < 4.78 is 1.88. The standard InChI is InChI=1S/C14H22N4O2/c1-3-13(19)16-7-5-9-18(4-2)14(20)6-10-17-11-8-15-12-17/h3,8,11-12H,1,4-7,9-10H2,2H3,(H,16,19). The van der Waals surface area contributed by atoms with E-state index in [0.717, 1.165) is 6.42 Å². The minimum atomic E-state index is -0.181. The maximum Gasteiger partial charge on any atom is 0.243 e. The molecule has 0 unspecified atom stereocenters. The van der Waals surface area contributed by atoms with Crippen LogP contribution in [0, 0.1) is 0 Å². The Morgan fingerprint density at radius 2 is 2.30 bits per heavy atom. The molecule has 1 aromatic rings. The van der Waals surface area contributed by atoms with Gasteiger partial charge in [0.05, 0.1) is 6.33 Å². The molecular weight excluding hydrogens is 256 g/mol. The zero-order valence-corrected chi connectivity index (χ0v) is 11.9. The molecule has 1 heterocycles. The summed E-state index contributed by atoms with van der Waals surface area (Å²) in [5.41, 5.74) is 0. The number of hydrogen-bond acceptors (Lipinski definition) is 3. The Balaban J connectivity index is 2.24. The van der Waals surface area contributed by atoms with E-state index in [2.05, 4.69) is 16.9 Å². The van der Waals surface area contributed by atoms with Gasteiger partial charge in [-0.25, -0.2) is 4.98 Å². The largest absolute Gasteiger partial charge is 0.353 e. The number of nitrogens with zero attached hydrogens (tertiary/aromatic N) is 3. The monoisotopic (exact) mass is 278 g/mol. The zero-order valence-electron chi connectivity index (χ0n) is 11.9. The van der Waals surface area contributed by atoms with E-state index < -0.39 is 0 Å². The molecule has 0 aromatic carbocycles. The predicted molar refractivity (Wildman–Crippen MR) is 76.9 cm³/mol. The van der Waals surface area contributed by atoms with Crippen LogP contribution in [0.15, 0.2) is 31.4 Å². The maximum atomic E-state index is 12.0. The van der Waals surface area contributed by atoms with Crippen LogP contribution in [0.25, 0.3) is 0 Å². The molecule has 1 aromatic heterocycles. The van der Waals surface area contributed by atoms with Gasteiger partial charge in [0.2, 0.25) is 11.8 Å². The molecule has 0 aliphatic carbocycles. The van der Waals surface area contributed by atoms with E-state index in [1.807, 2.05) is 17.7 Å². The fourth-order valence-electron chi connectivity index (χ4n) is 1.81. The van der Waals surface area contributed by atoms with Crippen LogP contribution in [-0.4, -0.2) is 45.9 Å². The molecule has 20 heavy (non-hydrogen) atoms. The van der Waals surface area contributed by atoms with Crippen LogP contribution in [-0.2, 0) is 16.1 Å². The number of hydrogen-bond donors (Lipinski definition) is 1. The van der Waals surface area contributed by atoms with Gasteiger partial charge in [-0.15, -0.1) is 0 Å². The molecule has 6 heteroatoms. The molecule has 0 aliphatic heterocycles. The number of rotatable bonds is 9. The Bertz CT molecular complexity index is 428. The van der Waals surface area contributed by atoms with E-state index in [-0.39, 0.29) is 11.8 Å². The van der Waals surface area contributed by atoms with Gasteiger partial charge in [0, 0.05) is 45.0 Å². The van der Waals surface area contributed by atoms with Gasteiger partial charge >= 0.3 is 0 Å². The molecule has 0 saturated heterocycles. The van der Waals surface area contributed by atoms with Gasteiger partial charge in [-0.3, -0.25) is 9.59 Å². The van der Waals surface area contributed by atoms with Crippen molar-refractivity contribution in [2.24, 2.45) is 0 Å². The normalized spacial score (nSPS) is 10.1. The number of carbonyl (C=O) groups is 2. The van der Waals surface area contributed by atoms with Crippen LogP contribution in [0.1, 0.15) is 19.8 Å². The Morgan fingerprint density at radius 3 is 2.90 bits per heavy atom. The van der Waals surface area contributed by atoms with E-state index in [1.165, 1.54) is 6.08 Å². The van der Waals surface area contributed by atoms with E-state index in [1.54, 1.807) is 17.4 Å². The van der Waals surface area contributed by atoms with E-state index >= 15 is 0 Å². The molecule has 0 saturated carbocycles. The highest BCUT2D eigenvalue weighted by Gasteiger charge is 2.11. The molecule has 2 amide bonds. The second-order valence-electron chi connectivity index (χ2n) is 4.37. The first kappa shape index (κ1) is 15.9. The number of aromatic nitrogens is 2. The lowest BCUT2D eigenvalue weighted by Gasteiger charge is -2.21. The van der Waals surface area contributed by atoms with Gasteiger partial charge in [-0.1, -0.05) is 6.58 Å². The molecule has 110 valence electrons. The first-order chi connectivity index (χ1) is 9.67. The van der Waals surface area contributed by atoms with E-state index in [4.69, 9.17) is 0 Å². The van der Waals surface area contributed by atoms with Crippen molar-refractivity contribution in [1.82, 2.24) is 19.8 Å². The van der Waals surface area contributed by atoms with Crippen molar-refractivity contribution in [2.75, 3.05) is 19.6 Å². The summed E-state index contributed by atoms with van der Waals surface area (Å²) in [5.74, 6) is -0.0595. The summed E-state index contributed by atoms with van der Waals surface area (Å²) in [5, 5.41) is 2.70. The average Bonchev–Trinajstić information content (AvgIpc) is 2.97. The maximum absolute atomic E-state index is 12.0. The lowest BCUT2D eigenvalue weighted by molar-refractivity contribution is -0.131. The van der Waals surface area contributed by atoms with Crippen LogP contribution in [0.5, 0.6) is 0 Å². The Hall–Kier alpha value is -2.11. The molecule has 6 nitrogen and oxygen atoms in total. The average molecular weight is 278 g/mol. The van der Waals surface area contributed by atoms with Gasteiger partial charge in [-0.2, -0.15) is 0 Å². The van der Waals surface area contributed by atoms with Crippen molar-refractivity contribution >= 4 is 11.8 Å². The third-order valence-electron chi connectivity index (χ3n) is 2.97. The fourth-order valence-corrected chi connectivity index (χ4v) is 1.81. The zero-order chi connectivity index (χ0) is 14.8. The molecule has 0 aliphatic rings. The van der Waals surface area contributed by atoms with Crippen LogP contribution in [0.4, 0.5) is 0 Å². The molecule has 0 radical (unpaired) electrons. The third-order valence-corrected chi connectivity index (χ3v) is 2.97. The highest BCUT2D eigenvalue weighted by Crippen LogP contribution is 1.99. The van der Waals surface area contributed by atoms with Gasteiger partial charge in [0.1, 0.15) is 0 Å². The van der Waals surface area contributed by atoms with Crippen molar-refractivity contribution in [3.63, 3.8) is 0 Å². The highest BCUT2D eigenvalue weighted by atomic mass is 16.2. The molecule has 1 N–H and O–H groups in total. The van der Waals surface area contributed by atoms with Crippen LogP contribution in [0.3, 0.4) is 0 Å². The summed E-state index contributed by atoms with van der Waals surface area (Å²) in [4.78, 5) is 28.8. The first-order valence-corrected chi connectivity index (χ1v) is 6.81.